The molecule has 1 aromatic rings. The Kier molecular flexibility index (Phi) is 4.10. The lowest BCUT2D eigenvalue weighted by Gasteiger charge is -2.15. The van der Waals surface area contributed by atoms with E-state index in [-0.39, 0.29) is 0 Å². The Hall–Kier alpha value is -0.540. The molecule has 3 heteroatoms. The van der Waals surface area contributed by atoms with Gasteiger partial charge in [-0.1, -0.05) is 19.4 Å². The molecule has 0 saturated heterocycles. The molecule has 1 aliphatic rings. The van der Waals surface area contributed by atoms with E-state index < -0.39 is 0 Å². The molecule has 1 N–H and O–H groups in total. The molecule has 17 heavy (non-hydrogen) atoms. The highest BCUT2D eigenvalue weighted by Gasteiger charge is 2.35. The summed E-state index contributed by atoms with van der Waals surface area (Å²) in [6.45, 7) is 4.49. The van der Waals surface area contributed by atoms with Gasteiger partial charge in [0.15, 0.2) is 0 Å². The van der Waals surface area contributed by atoms with Gasteiger partial charge < -0.3 is 10.1 Å². The number of ether oxygens (including phenoxy) is 1. The molecular formula is C14H20BrNO. The Labute approximate surface area is 112 Å². The van der Waals surface area contributed by atoms with Gasteiger partial charge in [0.05, 0.1) is 11.6 Å². The number of halogens is 1. The number of rotatable bonds is 5. The fraction of sp³-hybridized carbons (Fsp3) is 0.571. The van der Waals surface area contributed by atoms with Gasteiger partial charge in [-0.15, -0.1) is 0 Å². The summed E-state index contributed by atoms with van der Waals surface area (Å²) in [6, 6.07) is 7.40. The van der Waals surface area contributed by atoms with Crippen molar-refractivity contribution in [3.63, 3.8) is 0 Å². The number of nitrogens with one attached hydrogen (secondary N) is 1. The first-order chi connectivity index (χ1) is 8.15. The molecule has 0 radical (unpaired) electrons. The van der Waals surface area contributed by atoms with Crippen molar-refractivity contribution in [3.05, 3.63) is 28.2 Å². The molecule has 2 nitrogen and oxygen atoms in total. The summed E-state index contributed by atoms with van der Waals surface area (Å²) in [5.74, 6) is 1.78. The summed E-state index contributed by atoms with van der Waals surface area (Å²) < 4.78 is 6.26. The van der Waals surface area contributed by atoms with Gasteiger partial charge in [-0.05, 0) is 52.9 Å². The first-order valence-corrected chi connectivity index (χ1v) is 7.04. The molecule has 0 bridgehead atoms. The van der Waals surface area contributed by atoms with Crippen LogP contribution in [0.3, 0.4) is 0 Å². The van der Waals surface area contributed by atoms with Crippen LogP contribution in [0.15, 0.2) is 22.7 Å². The lowest BCUT2D eigenvalue weighted by Crippen LogP contribution is -2.22. The molecule has 3 unspecified atom stereocenters. The van der Waals surface area contributed by atoms with E-state index in [1.165, 1.54) is 18.4 Å². The largest absolute Gasteiger partial charge is 0.496 e. The predicted octanol–water partition coefficient (Wildman–Crippen LogP) is 3.91. The third kappa shape index (κ3) is 3.02. The van der Waals surface area contributed by atoms with E-state index in [4.69, 9.17) is 4.74 Å². The standard InChI is InChI=1S/C14H20BrNO/c1-4-10-8-13(10)16-9(2)11-5-6-14(17-3)12(15)7-11/h5-7,9-10,13,16H,4,8H2,1-3H3. The van der Waals surface area contributed by atoms with E-state index >= 15 is 0 Å². The van der Waals surface area contributed by atoms with Gasteiger partial charge in [0, 0.05) is 12.1 Å². The second kappa shape index (κ2) is 5.40. The molecule has 2 rings (SSSR count). The van der Waals surface area contributed by atoms with Gasteiger partial charge in [-0.25, -0.2) is 0 Å². The Morgan fingerprint density at radius 2 is 2.29 bits per heavy atom. The molecule has 94 valence electrons. The lowest BCUT2D eigenvalue weighted by molar-refractivity contribution is 0.411. The van der Waals surface area contributed by atoms with Crippen LogP contribution in [0, 0.1) is 5.92 Å². The Morgan fingerprint density at radius 1 is 1.53 bits per heavy atom. The highest BCUT2D eigenvalue weighted by Crippen LogP contribution is 2.36. The molecule has 0 aromatic heterocycles. The lowest BCUT2D eigenvalue weighted by atomic mass is 10.1. The minimum absolute atomic E-state index is 0.402. The Morgan fingerprint density at radius 3 is 2.82 bits per heavy atom. The summed E-state index contributed by atoms with van der Waals surface area (Å²) in [5, 5.41) is 3.67. The quantitative estimate of drug-likeness (QED) is 0.890. The fourth-order valence-electron chi connectivity index (χ4n) is 2.27. The molecule has 3 atom stereocenters. The molecule has 0 amide bonds. The Balaban J connectivity index is 1.99. The van der Waals surface area contributed by atoms with Gasteiger partial charge in [-0.2, -0.15) is 0 Å². The van der Waals surface area contributed by atoms with E-state index in [0.29, 0.717) is 6.04 Å². The smallest absolute Gasteiger partial charge is 0.133 e. The van der Waals surface area contributed by atoms with Gasteiger partial charge in [0.25, 0.3) is 0 Å². The van der Waals surface area contributed by atoms with Crippen molar-refractivity contribution in [1.82, 2.24) is 5.32 Å². The normalized spacial score (nSPS) is 24.5. The summed E-state index contributed by atoms with van der Waals surface area (Å²) in [5.41, 5.74) is 1.31. The molecule has 1 aliphatic carbocycles. The van der Waals surface area contributed by atoms with Crippen molar-refractivity contribution in [2.75, 3.05) is 7.11 Å². The van der Waals surface area contributed by atoms with Crippen LogP contribution < -0.4 is 10.1 Å². The highest BCUT2D eigenvalue weighted by molar-refractivity contribution is 9.10. The van der Waals surface area contributed by atoms with Gasteiger partial charge in [0.2, 0.25) is 0 Å². The van der Waals surface area contributed by atoms with Crippen LogP contribution >= 0.6 is 15.9 Å². The predicted molar refractivity (Wildman–Crippen MR) is 74.4 cm³/mol. The molecule has 0 spiro atoms. The number of hydrogen-bond donors (Lipinski definition) is 1. The van der Waals surface area contributed by atoms with E-state index in [9.17, 15) is 0 Å². The van der Waals surface area contributed by atoms with E-state index in [0.717, 1.165) is 22.2 Å². The van der Waals surface area contributed by atoms with Crippen molar-refractivity contribution in [2.24, 2.45) is 5.92 Å². The first kappa shape index (κ1) is 12.9. The second-order valence-corrected chi connectivity index (χ2v) is 5.65. The van der Waals surface area contributed by atoms with E-state index in [1.54, 1.807) is 7.11 Å². The number of methoxy groups -OCH3 is 1. The van der Waals surface area contributed by atoms with Gasteiger partial charge in [-0.3, -0.25) is 0 Å². The average Bonchev–Trinajstić information content (AvgIpc) is 3.07. The molecule has 1 fully saturated rings. The summed E-state index contributed by atoms with van der Waals surface area (Å²) in [7, 11) is 1.69. The monoisotopic (exact) mass is 297 g/mol. The summed E-state index contributed by atoms with van der Waals surface area (Å²) >= 11 is 3.53. The molecule has 0 heterocycles. The first-order valence-electron chi connectivity index (χ1n) is 6.25. The minimum Gasteiger partial charge on any atom is -0.496 e. The molecule has 0 aliphatic heterocycles. The molecule has 1 aromatic carbocycles. The van der Waals surface area contributed by atoms with Crippen molar-refractivity contribution in [2.45, 2.75) is 38.8 Å². The number of hydrogen-bond acceptors (Lipinski definition) is 2. The van der Waals surface area contributed by atoms with Crippen molar-refractivity contribution in [1.29, 1.82) is 0 Å². The van der Waals surface area contributed by atoms with Crippen LogP contribution in [0.1, 0.15) is 38.3 Å². The SMILES string of the molecule is CCC1CC1NC(C)c1ccc(OC)c(Br)c1. The van der Waals surface area contributed by atoms with Crippen molar-refractivity contribution >= 4 is 15.9 Å². The van der Waals surface area contributed by atoms with Crippen LogP contribution in [-0.2, 0) is 0 Å². The number of benzene rings is 1. The third-order valence-electron chi connectivity index (χ3n) is 3.59. The van der Waals surface area contributed by atoms with Crippen LogP contribution in [0.4, 0.5) is 0 Å². The fourth-order valence-corrected chi connectivity index (χ4v) is 2.83. The van der Waals surface area contributed by atoms with Crippen LogP contribution in [0.5, 0.6) is 5.75 Å². The Bertz CT molecular complexity index is 394. The topological polar surface area (TPSA) is 21.3 Å². The minimum atomic E-state index is 0.402. The zero-order chi connectivity index (χ0) is 12.4. The van der Waals surface area contributed by atoms with Crippen LogP contribution in [-0.4, -0.2) is 13.2 Å². The molecular weight excluding hydrogens is 278 g/mol. The van der Waals surface area contributed by atoms with Crippen molar-refractivity contribution in [3.8, 4) is 5.75 Å². The zero-order valence-corrected chi connectivity index (χ0v) is 12.3. The maximum absolute atomic E-state index is 5.24. The maximum Gasteiger partial charge on any atom is 0.133 e. The van der Waals surface area contributed by atoms with E-state index in [1.807, 2.05) is 6.07 Å². The third-order valence-corrected chi connectivity index (χ3v) is 4.21. The van der Waals surface area contributed by atoms with Gasteiger partial charge in [0.1, 0.15) is 5.75 Å². The summed E-state index contributed by atoms with van der Waals surface area (Å²) in [6.07, 6.45) is 2.62. The average molecular weight is 298 g/mol. The van der Waals surface area contributed by atoms with Crippen molar-refractivity contribution < 1.29 is 4.74 Å². The summed E-state index contributed by atoms with van der Waals surface area (Å²) in [4.78, 5) is 0. The van der Waals surface area contributed by atoms with Crippen LogP contribution in [0.2, 0.25) is 0 Å². The zero-order valence-electron chi connectivity index (χ0n) is 10.7. The highest BCUT2D eigenvalue weighted by atomic mass is 79.9. The van der Waals surface area contributed by atoms with Crippen LogP contribution in [0.25, 0.3) is 0 Å². The van der Waals surface area contributed by atoms with Gasteiger partial charge >= 0.3 is 0 Å². The van der Waals surface area contributed by atoms with E-state index in [2.05, 4.69) is 47.2 Å². The maximum atomic E-state index is 5.24. The molecule has 1 saturated carbocycles. The second-order valence-electron chi connectivity index (χ2n) is 4.79.